The number of carbonyl (C=O) groups excluding carboxylic acids is 1. The van der Waals surface area contributed by atoms with Gasteiger partial charge in [-0.1, -0.05) is 50.2 Å². The quantitative estimate of drug-likeness (QED) is 0.613. The van der Waals surface area contributed by atoms with Gasteiger partial charge in [-0.3, -0.25) is 4.79 Å². The summed E-state index contributed by atoms with van der Waals surface area (Å²) in [4.78, 5) is 17.2. The van der Waals surface area contributed by atoms with Crippen molar-refractivity contribution in [2.75, 3.05) is 36.4 Å². The first kappa shape index (κ1) is 20.5. The van der Waals surface area contributed by atoms with Gasteiger partial charge in [0.1, 0.15) is 11.6 Å². The van der Waals surface area contributed by atoms with E-state index in [1.54, 1.807) is 6.20 Å². The molecule has 0 atom stereocenters. The van der Waals surface area contributed by atoms with Crippen LogP contribution in [-0.4, -0.2) is 37.0 Å². The van der Waals surface area contributed by atoms with Gasteiger partial charge in [-0.2, -0.15) is 5.26 Å². The van der Waals surface area contributed by atoms with Gasteiger partial charge in [0.2, 0.25) is 0 Å². The fraction of sp³-hybridized carbons (Fsp3) is 0.333. The summed E-state index contributed by atoms with van der Waals surface area (Å²) >= 11 is 0. The lowest BCUT2D eigenvalue weighted by Crippen LogP contribution is -2.44. The highest BCUT2D eigenvalue weighted by atomic mass is 16.1. The van der Waals surface area contributed by atoms with Gasteiger partial charge < -0.3 is 15.1 Å². The number of piperazine rings is 1. The smallest absolute Gasteiger partial charge is 0.267 e. The number of aryl methyl sites for hydroxylation is 1. The van der Waals surface area contributed by atoms with Crippen molar-refractivity contribution in [3.05, 3.63) is 71.4 Å². The van der Waals surface area contributed by atoms with E-state index >= 15 is 0 Å². The lowest BCUT2D eigenvalue weighted by atomic mass is 9.98. The molecule has 2 aromatic rings. The Morgan fingerprint density at radius 2 is 1.76 bits per heavy atom. The summed E-state index contributed by atoms with van der Waals surface area (Å²) in [5, 5.41) is 12.5. The standard InChI is InChI=1S/C24H28N4O/c1-18(2)22-11-7-8-19(3)23(22)26-24(29)20(16-25)17-27-12-14-28(15-13-27)21-9-5-4-6-10-21/h4-11,17-18H,12-15H2,1-3H3,(H,26,29)/b20-17-. The number of hydrogen-bond donors (Lipinski definition) is 1. The molecule has 1 fully saturated rings. The Labute approximate surface area is 173 Å². The van der Waals surface area contributed by atoms with E-state index in [0.717, 1.165) is 43.0 Å². The second kappa shape index (κ2) is 9.29. The molecule has 1 aliphatic heterocycles. The van der Waals surface area contributed by atoms with Crippen LogP contribution in [0.15, 0.2) is 60.3 Å². The highest BCUT2D eigenvalue weighted by molar-refractivity contribution is 6.07. The van der Waals surface area contributed by atoms with Gasteiger partial charge in [0.25, 0.3) is 5.91 Å². The molecule has 1 amide bonds. The third-order valence-corrected chi connectivity index (χ3v) is 5.28. The third kappa shape index (κ3) is 4.97. The number of nitrogens with one attached hydrogen (secondary N) is 1. The predicted molar refractivity (Wildman–Crippen MR) is 118 cm³/mol. The summed E-state index contributed by atoms with van der Waals surface area (Å²) in [5.74, 6) is -0.0695. The van der Waals surface area contributed by atoms with E-state index in [4.69, 9.17) is 0 Å². The number of rotatable bonds is 5. The third-order valence-electron chi connectivity index (χ3n) is 5.28. The van der Waals surface area contributed by atoms with Crippen molar-refractivity contribution in [3.63, 3.8) is 0 Å². The fourth-order valence-corrected chi connectivity index (χ4v) is 3.59. The summed E-state index contributed by atoms with van der Waals surface area (Å²) in [6.07, 6.45) is 1.70. The topological polar surface area (TPSA) is 59.4 Å². The van der Waals surface area contributed by atoms with Crippen molar-refractivity contribution in [2.24, 2.45) is 0 Å². The van der Waals surface area contributed by atoms with E-state index in [2.05, 4.69) is 47.2 Å². The molecule has 1 aliphatic rings. The van der Waals surface area contributed by atoms with Crippen LogP contribution < -0.4 is 10.2 Å². The number of amides is 1. The number of nitrogens with zero attached hydrogens (tertiary/aromatic N) is 3. The van der Waals surface area contributed by atoms with Gasteiger partial charge >= 0.3 is 0 Å². The molecule has 150 valence electrons. The van der Waals surface area contributed by atoms with Crippen molar-refractivity contribution in [1.82, 2.24) is 4.90 Å². The van der Waals surface area contributed by atoms with E-state index in [0.29, 0.717) is 0 Å². The van der Waals surface area contributed by atoms with E-state index in [1.165, 1.54) is 5.69 Å². The molecule has 3 rings (SSSR count). The number of carbonyl (C=O) groups is 1. The molecule has 0 spiro atoms. The van der Waals surface area contributed by atoms with Crippen molar-refractivity contribution >= 4 is 17.3 Å². The highest BCUT2D eigenvalue weighted by Crippen LogP contribution is 2.27. The van der Waals surface area contributed by atoms with Crippen LogP contribution in [0.1, 0.15) is 30.9 Å². The largest absolute Gasteiger partial charge is 0.373 e. The maximum absolute atomic E-state index is 12.8. The number of benzene rings is 2. The van der Waals surface area contributed by atoms with Crippen LogP contribution in [0.2, 0.25) is 0 Å². The number of nitriles is 1. The molecule has 5 heteroatoms. The minimum absolute atomic E-state index is 0.135. The first-order valence-electron chi connectivity index (χ1n) is 10.1. The van der Waals surface area contributed by atoms with Crippen LogP contribution in [0.5, 0.6) is 0 Å². The average molecular weight is 389 g/mol. The number of hydrogen-bond acceptors (Lipinski definition) is 4. The zero-order valence-corrected chi connectivity index (χ0v) is 17.4. The lowest BCUT2D eigenvalue weighted by molar-refractivity contribution is -0.112. The van der Waals surface area contributed by atoms with E-state index < -0.39 is 0 Å². The Kier molecular flexibility index (Phi) is 6.56. The highest BCUT2D eigenvalue weighted by Gasteiger charge is 2.19. The summed E-state index contributed by atoms with van der Waals surface area (Å²) in [7, 11) is 0. The van der Waals surface area contributed by atoms with Crippen LogP contribution in [-0.2, 0) is 4.79 Å². The molecule has 2 aromatic carbocycles. The van der Waals surface area contributed by atoms with Crippen LogP contribution in [0, 0.1) is 18.3 Å². The second-order valence-electron chi connectivity index (χ2n) is 7.66. The molecule has 1 heterocycles. The molecule has 0 aromatic heterocycles. The zero-order chi connectivity index (χ0) is 20.8. The minimum Gasteiger partial charge on any atom is -0.373 e. The predicted octanol–water partition coefficient (Wildman–Crippen LogP) is 4.29. The Morgan fingerprint density at radius 1 is 1.07 bits per heavy atom. The van der Waals surface area contributed by atoms with Crippen molar-refractivity contribution in [2.45, 2.75) is 26.7 Å². The maximum atomic E-state index is 12.8. The molecular weight excluding hydrogens is 360 g/mol. The Bertz CT molecular complexity index is 920. The summed E-state index contributed by atoms with van der Waals surface area (Å²) < 4.78 is 0. The molecule has 0 bridgehead atoms. The van der Waals surface area contributed by atoms with Gasteiger partial charge in [0.15, 0.2) is 0 Å². The normalized spacial score (nSPS) is 14.7. The monoisotopic (exact) mass is 388 g/mol. The minimum atomic E-state index is -0.353. The Hall–Kier alpha value is -3.26. The molecule has 0 saturated carbocycles. The number of anilines is 2. The van der Waals surface area contributed by atoms with Gasteiger partial charge in [-0.05, 0) is 36.1 Å². The SMILES string of the molecule is Cc1cccc(C(C)C)c1NC(=O)/C(C#N)=C\N1CCN(c2ccccc2)CC1. The molecule has 0 radical (unpaired) electrons. The van der Waals surface area contributed by atoms with Crippen molar-refractivity contribution in [3.8, 4) is 6.07 Å². The summed E-state index contributed by atoms with van der Waals surface area (Å²) in [6, 6.07) is 18.4. The van der Waals surface area contributed by atoms with Crippen LogP contribution in [0.4, 0.5) is 11.4 Å². The molecule has 29 heavy (non-hydrogen) atoms. The first-order valence-corrected chi connectivity index (χ1v) is 10.1. The van der Waals surface area contributed by atoms with Crippen LogP contribution in [0.25, 0.3) is 0 Å². The molecule has 5 nitrogen and oxygen atoms in total. The fourth-order valence-electron chi connectivity index (χ4n) is 3.59. The van der Waals surface area contributed by atoms with E-state index in [-0.39, 0.29) is 17.4 Å². The van der Waals surface area contributed by atoms with Crippen LogP contribution in [0.3, 0.4) is 0 Å². The molecule has 1 saturated heterocycles. The average Bonchev–Trinajstić information content (AvgIpc) is 2.74. The summed E-state index contributed by atoms with van der Waals surface area (Å²) in [5.41, 5.74) is 4.22. The molecule has 0 unspecified atom stereocenters. The second-order valence-corrected chi connectivity index (χ2v) is 7.66. The lowest BCUT2D eigenvalue weighted by Gasteiger charge is -2.35. The number of para-hydroxylation sites is 2. The molecule has 0 aliphatic carbocycles. The van der Waals surface area contributed by atoms with Gasteiger partial charge in [-0.15, -0.1) is 0 Å². The Balaban J connectivity index is 1.68. The first-order chi connectivity index (χ1) is 14.0. The Morgan fingerprint density at radius 3 is 2.38 bits per heavy atom. The van der Waals surface area contributed by atoms with Crippen molar-refractivity contribution in [1.29, 1.82) is 5.26 Å². The van der Waals surface area contributed by atoms with Crippen molar-refractivity contribution < 1.29 is 4.79 Å². The molecule has 1 N–H and O–H groups in total. The van der Waals surface area contributed by atoms with E-state index in [1.807, 2.05) is 43.3 Å². The van der Waals surface area contributed by atoms with Gasteiger partial charge in [0, 0.05) is 43.8 Å². The zero-order valence-electron chi connectivity index (χ0n) is 17.4. The maximum Gasteiger partial charge on any atom is 0.267 e. The molecular formula is C24H28N4O. The van der Waals surface area contributed by atoms with Gasteiger partial charge in [-0.25, -0.2) is 0 Å². The summed E-state index contributed by atoms with van der Waals surface area (Å²) in [6.45, 7) is 9.42. The van der Waals surface area contributed by atoms with E-state index in [9.17, 15) is 10.1 Å². The van der Waals surface area contributed by atoms with Crippen LogP contribution >= 0.6 is 0 Å². The van der Waals surface area contributed by atoms with Gasteiger partial charge in [0.05, 0.1) is 0 Å².